The fourth-order valence-corrected chi connectivity index (χ4v) is 4.84. The molecule has 0 aromatic rings. The van der Waals surface area contributed by atoms with Crippen molar-refractivity contribution in [2.24, 2.45) is 11.8 Å². The van der Waals surface area contributed by atoms with Crippen molar-refractivity contribution in [3.05, 3.63) is 0 Å². The molecule has 148 valence electrons. The van der Waals surface area contributed by atoms with Gasteiger partial charge in [-0.05, 0) is 13.8 Å². The third-order valence-electron chi connectivity index (χ3n) is 5.42. The number of hydrogen-bond acceptors (Lipinski definition) is 7. The van der Waals surface area contributed by atoms with Crippen molar-refractivity contribution < 1.29 is 32.6 Å². The Kier molecular flexibility index (Phi) is 7.48. The summed E-state index contributed by atoms with van der Waals surface area (Å²) >= 11 is 0. The van der Waals surface area contributed by atoms with Crippen molar-refractivity contribution in [2.45, 2.75) is 64.3 Å². The predicted octanol–water partition coefficient (Wildman–Crippen LogP) is 2.72. The molecule has 0 amide bonds. The van der Waals surface area contributed by atoms with Gasteiger partial charge < -0.3 is 28.0 Å². The van der Waals surface area contributed by atoms with Gasteiger partial charge in [0.15, 0.2) is 0 Å². The van der Waals surface area contributed by atoms with Gasteiger partial charge in [-0.3, -0.25) is 4.57 Å². The molecule has 25 heavy (non-hydrogen) atoms. The molecule has 0 radical (unpaired) electrons. The molecule has 9 unspecified atom stereocenters. The van der Waals surface area contributed by atoms with E-state index in [4.69, 9.17) is 28.0 Å². The Morgan fingerprint density at radius 3 is 1.92 bits per heavy atom. The second-order valence-electron chi connectivity index (χ2n) is 7.27. The Morgan fingerprint density at radius 2 is 1.40 bits per heavy atom. The van der Waals surface area contributed by atoms with Gasteiger partial charge in [-0.25, -0.2) is 0 Å². The first-order valence-corrected chi connectivity index (χ1v) is 10.9. The summed E-state index contributed by atoms with van der Waals surface area (Å²) in [5, 5.41) is 0. The second-order valence-corrected chi connectivity index (χ2v) is 9.28. The molecule has 0 aromatic heterocycles. The molecule has 0 spiro atoms. The van der Waals surface area contributed by atoms with Crippen LogP contribution >= 0.6 is 7.60 Å². The summed E-state index contributed by atoms with van der Waals surface area (Å²) in [5.41, 5.74) is 0. The fraction of sp³-hybridized carbons (Fsp3) is 1.00. The van der Waals surface area contributed by atoms with E-state index in [-0.39, 0.29) is 55.1 Å². The smallest absolute Gasteiger partial charge is 0.328 e. The Morgan fingerprint density at radius 1 is 0.880 bits per heavy atom. The molecular formula is C17H33O7P. The van der Waals surface area contributed by atoms with E-state index in [2.05, 4.69) is 6.92 Å². The molecule has 2 aliphatic rings. The zero-order valence-corrected chi connectivity index (χ0v) is 17.2. The summed E-state index contributed by atoms with van der Waals surface area (Å²) < 4.78 is 46.8. The molecule has 2 heterocycles. The quantitative estimate of drug-likeness (QED) is 0.600. The summed E-state index contributed by atoms with van der Waals surface area (Å²) in [4.78, 5) is 0. The SMILES string of the molecule is COCC1OC(C)C(C)C1OP(C)(=O)OCC1OC(C)C(C)C1OC. The van der Waals surface area contributed by atoms with Gasteiger partial charge in [-0.1, -0.05) is 13.8 Å². The van der Waals surface area contributed by atoms with Gasteiger partial charge in [0.05, 0.1) is 31.5 Å². The van der Waals surface area contributed by atoms with E-state index in [9.17, 15) is 4.57 Å². The Bertz CT molecular complexity index is 474. The van der Waals surface area contributed by atoms with E-state index in [1.54, 1.807) is 14.2 Å². The monoisotopic (exact) mass is 380 g/mol. The second kappa shape index (κ2) is 8.79. The fourth-order valence-electron chi connectivity index (χ4n) is 3.59. The molecular weight excluding hydrogens is 347 g/mol. The lowest BCUT2D eigenvalue weighted by Crippen LogP contribution is -2.33. The molecule has 2 fully saturated rings. The van der Waals surface area contributed by atoms with Crippen LogP contribution in [0, 0.1) is 11.8 Å². The highest BCUT2D eigenvalue weighted by atomic mass is 31.2. The van der Waals surface area contributed by atoms with Crippen LogP contribution in [0.3, 0.4) is 0 Å². The van der Waals surface area contributed by atoms with Crippen LogP contribution in [0.1, 0.15) is 27.7 Å². The van der Waals surface area contributed by atoms with Crippen molar-refractivity contribution in [1.82, 2.24) is 0 Å². The van der Waals surface area contributed by atoms with E-state index < -0.39 is 7.60 Å². The van der Waals surface area contributed by atoms with Crippen molar-refractivity contribution in [1.29, 1.82) is 0 Å². The van der Waals surface area contributed by atoms with E-state index >= 15 is 0 Å². The largest absolute Gasteiger partial charge is 0.382 e. The van der Waals surface area contributed by atoms with Crippen molar-refractivity contribution in [3.63, 3.8) is 0 Å². The first kappa shape index (κ1) is 21.3. The molecule has 2 saturated heterocycles. The van der Waals surface area contributed by atoms with Gasteiger partial charge >= 0.3 is 7.60 Å². The molecule has 0 aromatic carbocycles. The molecule has 8 heteroatoms. The van der Waals surface area contributed by atoms with Crippen molar-refractivity contribution >= 4 is 7.60 Å². The standard InChI is InChI=1S/C17H33O7P/c1-10-12(3)23-15(16(10)20-6)9-21-25(7,18)24-17-11(2)13(4)22-14(17)8-19-5/h10-17H,8-9H2,1-7H3. The van der Waals surface area contributed by atoms with Gasteiger partial charge in [-0.2, -0.15) is 0 Å². The molecule has 9 atom stereocenters. The molecule has 2 aliphatic heterocycles. The lowest BCUT2D eigenvalue weighted by atomic mass is 9.99. The van der Waals surface area contributed by atoms with Crippen LogP contribution in [0.5, 0.6) is 0 Å². The molecule has 7 nitrogen and oxygen atoms in total. The number of methoxy groups -OCH3 is 2. The minimum absolute atomic E-state index is 0.0166. The van der Waals surface area contributed by atoms with Crippen molar-refractivity contribution in [3.8, 4) is 0 Å². The summed E-state index contributed by atoms with van der Waals surface area (Å²) in [6.45, 7) is 10.2. The zero-order valence-electron chi connectivity index (χ0n) is 16.3. The minimum atomic E-state index is -3.27. The van der Waals surface area contributed by atoms with E-state index in [1.807, 2.05) is 20.8 Å². The van der Waals surface area contributed by atoms with Crippen LogP contribution < -0.4 is 0 Å². The minimum Gasteiger partial charge on any atom is -0.382 e. The van der Waals surface area contributed by atoms with Gasteiger partial charge in [0.2, 0.25) is 0 Å². The molecule has 0 bridgehead atoms. The van der Waals surface area contributed by atoms with Gasteiger partial charge in [0.25, 0.3) is 0 Å². The van der Waals surface area contributed by atoms with Crippen LogP contribution in [0.15, 0.2) is 0 Å². The Labute approximate surface area is 151 Å². The third-order valence-corrected chi connectivity index (χ3v) is 6.66. The molecule has 0 saturated carbocycles. The Hall–Kier alpha value is -0.0100. The highest BCUT2D eigenvalue weighted by Crippen LogP contribution is 2.49. The van der Waals surface area contributed by atoms with E-state index in [0.29, 0.717) is 6.61 Å². The predicted molar refractivity (Wildman–Crippen MR) is 94.0 cm³/mol. The average Bonchev–Trinajstić information content (AvgIpc) is 2.97. The number of hydrogen-bond donors (Lipinski definition) is 0. The first-order chi connectivity index (χ1) is 11.7. The third kappa shape index (κ3) is 5.04. The lowest BCUT2D eigenvalue weighted by Gasteiger charge is -2.26. The number of ether oxygens (including phenoxy) is 4. The molecule has 0 N–H and O–H groups in total. The maximum atomic E-state index is 12.8. The van der Waals surface area contributed by atoms with Crippen LogP contribution in [0.2, 0.25) is 0 Å². The van der Waals surface area contributed by atoms with E-state index in [1.165, 1.54) is 6.66 Å². The van der Waals surface area contributed by atoms with Crippen LogP contribution in [-0.4, -0.2) is 70.7 Å². The summed E-state index contributed by atoms with van der Waals surface area (Å²) in [7, 11) is 0.00380. The summed E-state index contributed by atoms with van der Waals surface area (Å²) in [5.74, 6) is 0.359. The van der Waals surface area contributed by atoms with Crippen LogP contribution in [-0.2, 0) is 32.6 Å². The van der Waals surface area contributed by atoms with Gasteiger partial charge in [-0.15, -0.1) is 0 Å². The topological polar surface area (TPSA) is 72.5 Å². The maximum absolute atomic E-state index is 12.8. The average molecular weight is 380 g/mol. The van der Waals surface area contributed by atoms with E-state index in [0.717, 1.165) is 0 Å². The normalized spacial score (nSPS) is 44.1. The summed E-state index contributed by atoms with van der Waals surface area (Å²) in [6, 6.07) is 0. The van der Waals surface area contributed by atoms with Gasteiger partial charge in [0.1, 0.15) is 18.3 Å². The number of rotatable bonds is 8. The first-order valence-electron chi connectivity index (χ1n) is 8.93. The summed E-state index contributed by atoms with van der Waals surface area (Å²) in [6.07, 6.45) is -0.815. The maximum Gasteiger partial charge on any atom is 0.328 e. The highest BCUT2D eigenvalue weighted by molar-refractivity contribution is 7.53. The van der Waals surface area contributed by atoms with Crippen LogP contribution in [0.25, 0.3) is 0 Å². The highest BCUT2D eigenvalue weighted by Gasteiger charge is 2.45. The Balaban J connectivity index is 1.94. The van der Waals surface area contributed by atoms with Crippen LogP contribution in [0.4, 0.5) is 0 Å². The zero-order chi connectivity index (χ0) is 18.8. The van der Waals surface area contributed by atoms with Gasteiger partial charge in [0, 0.05) is 32.7 Å². The molecule has 2 rings (SSSR count). The molecule has 0 aliphatic carbocycles. The van der Waals surface area contributed by atoms with Crippen molar-refractivity contribution in [2.75, 3.05) is 34.1 Å². The lowest BCUT2D eigenvalue weighted by molar-refractivity contribution is -0.0384.